The normalized spacial score (nSPS) is 13.1. The molecule has 0 bridgehead atoms. The number of anilines is 2. The third-order valence-electron chi connectivity index (χ3n) is 6.87. The summed E-state index contributed by atoms with van der Waals surface area (Å²) in [6.45, 7) is 2.10. The smallest absolute Gasteiger partial charge is 0.148 e. The number of halogens is 1. The molecule has 5 aromatic rings. The molecule has 2 aromatic heterocycles. The van der Waals surface area contributed by atoms with Crippen LogP contribution in [0.5, 0.6) is 0 Å². The summed E-state index contributed by atoms with van der Waals surface area (Å²) in [6, 6.07) is 25.6. The second-order valence-corrected chi connectivity index (χ2v) is 9.74. The lowest BCUT2D eigenvalue weighted by atomic mass is 9.69. The predicted molar refractivity (Wildman–Crippen MR) is 155 cm³/mol. The van der Waals surface area contributed by atoms with Gasteiger partial charge in [0.2, 0.25) is 0 Å². The third kappa shape index (κ3) is 5.01. The molecule has 0 saturated heterocycles. The standard InChI is InChI=1S/C29H24BClN8/c1-2-25(19-8-4-3-5-9-19)36-27-20(15-33)16-34-28-23(27)12-22(13-24(28)31)37-29(30,26-17-35-39-38-26)21-10-6-7-18(11-21)14-32/h3-13,16-17,25,37H,2,30H2,1H3,(H,34,36)(H,35,38,39)/t25-,29?/m1/s1. The molecule has 0 aliphatic carbocycles. The minimum Gasteiger partial charge on any atom is -0.378 e. The monoisotopic (exact) mass is 530 g/mol. The van der Waals surface area contributed by atoms with Crippen LogP contribution in [0.3, 0.4) is 0 Å². The van der Waals surface area contributed by atoms with Crippen LogP contribution >= 0.6 is 11.6 Å². The van der Waals surface area contributed by atoms with E-state index < -0.39 is 5.44 Å². The second kappa shape index (κ2) is 10.9. The molecule has 0 amide bonds. The van der Waals surface area contributed by atoms with Crippen LogP contribution in [0.25, 0.3) is 10.9 Å². The minimum absolute atomic E-state index is 0.0200. The Morgan fingerprint density at radius 3 is 2.59 bits per heavy atom. The van der Waals surface area contributed by atoms with Crippen molar-refractivity contribution in [1.29, 1.82) is 10.5 Å². The molecule has 2 atom stereocenters. The van der Waals surface area contributed by atoms with E-state index in [0.29, 0.717) is 44.1 Å². The highest BCUT2D eigenvalue weighted by atomic mass is 35.5. The van der Waals surface area contributed by atoms with Crippen LogP contribution in [0.1, 0.15) is 47.3 Å². The summed E-state index contributed by atoms with van der Waals surface area (Å²) in [6.07, 6.45) is 4.07. The van der Waals surface area contributed by atoms with E-state index in [4.69, 9.17) is 11.6 Å². The van der Waals surface area contributed by atoms with Crippen LogP contribution in [0.4, 0.5) is 11.4 Å². The van der Waals surface area contributed by atoms with Crippen LogP contribution in [0, 0.1) is 22.7 Å². The first-order chi connectivity index (χ1) is 19.0. The number of hydrogen-bond acceptors (Lipinski definition) is 7. The van der Waals surface area contributed by atoms with Gasteiger partial charge in [-0.2, -0.15) is 10.5 Å². The number of nitriles is 2. The van der Waals surface area contributed by atoms with Gasteiger partial charge in [0.25, 0.3) is 0 Å². The number of benzene rings is 3. The number of H-pyrrole nitrogens is 1. The first-order valence-electron chi connectivity index (χ1n) is 12.5. The molecule has 190 valence electrons. The molecular weight excluding hydrogens is 507 g/mol. The second-order valence-electron chi connectivity index (χ2n) is 9.33. The van der Waals surface area contributed by atoms with Crippen molar-refractivity contribution < 1.29 is 0 Å². The quantitative estimate of drug-likeness (QED) is 0.234. The summed E-state index contributed by atoms with van der Waals surface area (Å²) < 4.78 is 0. The van der Waals surface area contributed by atoms with Gasteiger partial charge >= 0.3 is 0 Å². The van der Waals surface area contributed by atoms with Gasteiger partial charge < -0.3 is 10.6 Å². The lowest BCUT2D eigenvalue weighted by Crippen LogP contribution is -2.37. The van der Waals surface area contributed by atoms with Crippen molar-refractivity contribution in [3.8, 4) is 12.1 Å². The number of fused-ring (bicyclic) bond motifs is 1. The summed E-state index contributed by atoms with van der Waals surface area (Å²) in [7, 11) is 1.96. The van der Waals surface area contributed by atoms with Crippen molar-refractivity contribution in [3.05, 3.63) is 112 Å². The lowest BCUT2D eigenvalue weighted by Gasteiger charge is -2.31. The SMILES string of the molecule is BC(Nc1cc(Cl)c2ncc(C#N)c(N[C@H](CC)c3ccccc3)c2c1)(c1cccc(C#N)c1)c1c[nH]nn1. The van der Waals surface area contributed by atoms with E-state index in [0.717, 1.165) is 17.5 Å². The Bertz CT molecular complexity index is 1710. The molecule has 0 radical (unpaired) electrons. The topological polar surface area (TPSA) is 126 Å². The maximum atomic E-state index is 9.96. The predicted octanol–water partition coefficient (Wildman–Crippen LogP) is 5.26. The van der Waals surface area contributed by atoms with Crippen molar-refractivity contribution in [3.63, 3.8) is 0 Å². The fourth-order valence-corrected chi connectivity index (χ4v) is 5.04. The van der Waals surface area contributed by atoms with Gasteiger partial charge in [0.15, 0.2) is 0 Å². The van der Waals surface area contributed by atoms with Crippen molar-refractivity contribution >= 4 is 41.7 Å². The summed E-state index contributed by atoms with van der Waals surface area (Å²) in [5, 5.41) is 38.7. The van der Waals surface area contributed by atoms with E-state index in [1.54, 1.807) is 24.5 Å². The number of aromatic nitrogens is 4. The van der Waals surface area contributed by atoms with Gasteiger partial charge in [0.1, 0.15) is 19.6 Å². The third-order valence-corrected chi connectivity index (χ3v) is 7.15. The Kier molecular flexibility index (Phi) is 7.18. The highest BCUT2D eigenvalue weighted by Gasteiger charge is 2.32. The lowest BCUT2D eigenvalue weighted by molar-refractivity contribution is 0.750. The van der Waals surface area contributed by atoms with Crippen molar-refractivity contribution in [2.45, 2.75) is 24.8 Å². The van der Waals surface area contributed by atoms with Crippen LogP contribution < -0.4 is 10.6 Å². The molecule has 0 aliphatic rings. The maximum Gasteiger partial charge on any atom is 0.148 e. The van der Waals surface area contributed by atoms with Crippen LogP contribution in [0.2, 0.25) is 5.02 Å². The molecule has 39 heavy (non-hydrogen) atoms. The van der Waals surface area contributed by atoms with E-state index >= 15 is 0 Å². The summed E-state index contributed by atoms with van der Waals surface area (Å²) in [4.78, 5) is 4.50. The van der Waals surface area contributed by atoms with Gasteiger partial charge in [-0.3, -0.25) is 10.1 Å². The molecule has 1 unspecified atom stereocenters. The minimum atomic E-state index is -0.860. The van der Waals surface area contributed by atoms with E-state index in [2.05, 4.69) is 62.2 Å². The van der Waals surface area contributed by atoms with Gasteiger partial charge in [-0.05, 0) is 41.8 Å². The van der Waals surface area contributed by atoms with Gasteiger partial charge in [0.05, 0.1) is 44.9 Å². The molecular formula is C29H24BClN8. The number of aromatic amines is 1. The molecule has 2 heterocycles. The largest absolute Gasteiger partial charge is 0.378 e. The van der Waals surface area contributed by atoms with Crippen molar-refractivity contribution in [1.82, 2.24) is 20.4 Å². The number of nitrogens with one attached hydrogen (secondary N) is 3. The Balaban J connectivity index is 1.64. The van der Waals surface area contributed by atoms with Crippen molar-refractivity contribution in [2.75, 3.05) is 10.6 Å². The van der Waals surface area contributed by atoms with E-state index in [-0.39, 0.29) is 6.04 Å². The molecule has 0 aliphatic heterocycles. The van der Waals surface area contributed by atoms with Gasteiger partial charge in [0, 0.05) is 23.5 Å². The fraction of sp³-hybridized carbons (Fsp3) is 0.138. The Morgan fingerprint density at radius 1 is 1.08 bits per heavy atom. The first-order valence-corrected chi connectivity index (χ1v) is 12.8. The Labute approximate surface area is 232 Å². The molecule has 3 N–H and O–H groups in total. The Morgan fingerprint density at radius 2 is 1.90 bits per heavy atom. The molecule has 8 nitrogen and oxygen atoms in total. The zero-order valence-electron chi connectivity index (χ0n) is 21.4. The molecule has 5 rings (SSSR count). The van der Waals surface area contributed by atoms with Crippen LogP contribution in [-0.2, 0) is 5.44 Å². The highest BCUT2D eigenvalue weighted by Crippen LogP contribution is 2.38. The number of rotatable bonds is 8. The zero-order valence-corrected chi connectivity index (χ0v) is 22.2. The van der Waals surface area contributed by atoms with Crippen LogP contribution in [-0.4, -0.2) is 28.2 Å². The summed E-state index contributed by atoms with van der Waals surface area (Å²) in [5.41, 5.74) is 4.60. The zero-order chi connectivity index (χ0) is 27.4. The molecule has 0 spiro atoms. The van der Waals surface area contributed by atoms with E-state index in [9.17, 15) is 10.5 Å². The summed E-state index contributed by atoms with van der Waals surface area (Å²) in [5.74, 6) is 0. The van der Waals surface area contributed by atoms with Gasteiger partial charge in [-0.15, -0.1) is 5.10 Å². The molecule has 0 saturated carbocycles. The number of pyridine rings is 1. The van der Waals surface area contributed by atoms with E-state index in [1.165, 1.54) is 0 Å². The molecule has 3 aromatic carbocycles. The van der Waals surface area contributed by atoms with Gasteiger partial charge in [-0.25, -0.2) is 0 Å². The maximum absolute atomic E-state index is 9.96. The number of hydrogen-bond donors (Lipinski definition) is 3. The molecule has 10 heteroatoms. The highest BCUT2D eigenvalue weighted by molar-refractivity contribution is 6.36. The summed E-state index contributed by atoms with van der Waals surface area (Å²) >= 11 is 6.77. The van der Waals surface area contributed by atoms with E-state index in [1.807, 2.05) is 50.3 Å². The van der Waals surface area contributed by atoms with Gasteiger partial charge in [-0.1, -0.05) is 66.2 Å². The van der Waals surface area contributed by atoms with Crippen LogP contribution in [0.15, 0.2) is 79.1 Å². The van der Waals surface area contributed by atoms with Crippen molar-refractivity contribution in [2.24, 2.45) is 0 Å². The molecule has 0 fully saturated rings. The number of nitrogens with zero attached hydrogens (tertiary/aromatic N) is 5. The Hall–Kier alpha value is -4.86. The first kappa shape index (κ1) is 25.8. The fourth-order valence-electron chi connectivity index (χ4n) is 4.77. The average molecular weight is 531 g/mol. The average Bonchev–Trinajstić information content (AvgIpc) is 3.52.